The number of aliphatic hydroxyl groups excluding tert-OH is 3. The predicted octanol–water partition coefficient (Wildman–Crippen LogP) is 3.09. The molecule has 4 rings (SSSR count). The Morgan fingerprint density at radius 3 is 2.47 bits per heavy atom. The minimum atomic E-state index is -1.11. The van der Waals surface area contributed by atoms with Crippen LogP contribution >= 0.6 is 0 Å². The number of aryl methyl sites for hydroxylation is 1. The second-order valence-corrected chi connectivity index (χ2v) is 8.51. The predicted molar refractivity (Wildman–Crippen MR) is 137 cm³/mol. The number of para-hydroxylation sites is 2. The van der Waals surface area contributed by atoms with E-state index in [-0.39, 0.29) is 24.3 Å². The summed E-state index contributed by atoms with van der Waals surface area (Å²) < 4.78 is 13.1. The standard InChI is InChI=1S/C27H26N4O7/c1-16-21(27(35)36)12-31-26(16)25(17(10-28)11-29-31)30-19-6-8-20(9-7-19)38-24-5-3-2-4-23(24)37-15-18(13-32)22(34)14-33/h2-9,11-12,18,22,30,32-34H,13-15H2,1H3,(H,35,36). The highest BCUT2D eigenvalue weighted by Crippen LogP contribution is 2.34. The first-order chi connectivity index (χ1) is 18.4. The molecule has 2 atom stereocenters. The average molecular weight is 519 g/mol. The van der Waals surface area contributed by atoms with Gasteiger partial charge in [-0.15, -0.1) is 0 Å². The molecule has 0 bridgehead atoms. The van der Waals surface area contributed by atoms with E-state index in [1.54, 1.807) is 55.5 Å². The quantitative estimate of drug-likeness (QED) is 0.199. The molecule has 0 spiro atoms. The maximum Gasteiger partial charge on any atom is 0.337 e. The summed E-state index contributed by atoms with van der Waals surface area (Å²) in [6.45, 7) is 0.804. The summed E-state index contributed by atoms with van der Waals surface area (Å²) in [4.78, 5) is 11.6. The van der Waals surface area contributed by atoms with Crippen molar-refractivity contribution < 1.29 is 34.7 Å². The SMILES string of the molecule is Cc1c(C(=O)O)cn2ncc(C#N)c(Nc3ccc(Oc4ccccc4OCC(CO)C(O)CO)cc3)c12. The second kappa shape index (κ2) is 11.6. The Morgan fingerprint density at radius 1 is 1.13 bits per heavy atom. The average Bonchev–Trinajstić information content (AvgIpc) is 3.27. The van der Waals surface area contributed by atoms with Crippen LogP contribution in [0.2, 0.25) is 0 Å². The topological polar surface area (TPSA) is 170 Å². The third kappa shape index (κ3) is 5.52. The Labute approximate surface area is 217 Å². The summed E-state index contributed by atoms with van der Waals surface area (Å²) in [5.41, 5.74) is 2.39. The van der Waals surface area contributed by atoms with Gasteiger partial charge in [-0.3, -0.25) is 0 Å². The highest BCUT2D eigenvalue weighted by Gasteiger charge is 2.20. The largest absolute Gasteiger partial charge is 0.489 e. The van der Waals surface area contributed by atoms with Crippen molar-refractivity contribution in [1.82, 2.24) is 9.61 Å². The lowest BCUT2D eigenvalue weighted by Gasteiger charge is -2.20. The first kappa shape index (κ1) is 26.4. The smallest absolute Gasteiger partial charge is 0.337 e. The summed E-state index contributed by atoms with van der Waals surface area (Å²) >= 11 is 0. The summed E-state index contributed by atoms with van der Waals surface area (Å²) in [5.74, 6) is -0.440. The lowest BCUT2D eigenvalue weighted by atomic mass is 10.1. The molecule has 2 aromatic carbocycles. The number of ether oxygens (including phenoxy) is 2. The monoisotopic (exact) mass is 518 g/mol. The maximum absolute atomic E-state index is 11.6. The second-order valence-electron chi connectivity index (χ2n) is 8.51. The number of rotatable bonds is 11. The van der Waals surface area contributed by atoms with Crippen molar-refractivity contribution in [2.24, 2.45) is 5.92 Å². The van der Waals surface area contributed by atoms with E-state index in [1.807, 2.05) is 0 Å². The van der Waals surface area contributed by atoms with Crippen molar-refractivity contribution in [3.05, 3.63) is 77.6 Å². The van der Waals surface area contributed by atoms with E-state index < -0.39 is 24.6 Å². The molecule has 0 radical (unpaired) electrons. The van der Waals surface area contributed by atoms with Crippen LogP contribution in [0.25, 0.3) is 5.52 Å². The first-order valence-electron chi connectivity index (χ1n) is 11.7. The fourth-order valence-corrected chi connectivity index (χ4v) is 3.88. The zero-order valence-electron chi connectivity index (χ0n) is 20.4. The fourth-order valence-electron chi connectivity index (χ4n) is 3.88. The number of aromatic carboxylic acids is 1. The molecule has 0 saturated carbocycles. The van der Waals surface area contributed by atoms with Gasteiger partial charge in [-0.25, -0.2) is 9.31 Å². The molecule has 0 amide bonds. The van der Waals surface area contributed by atoms with Crippen LogP contribution in [0.15, 0.2) is 60.9 Å². The van der Waals surface area contributed by atoms with Crippen LogP contribution in [0.4, 0.5) is 11.4 Å². The van der Waals surface area contributed by atoms with Crippen LogP contribution < -0.4 is 14.8 Å². The molecule has 0 fully saturated rings. The number of nitrogens with one attached hydrogen (secondary N) is 1. The van der Waals surface area contributed by atoms with E-state index in [0.29, 0.717) is 39.7 Å². The lowest BCUT2D eigenvalue weighted by molar-refractivity contribution is 0.00280. The van der Waals surface area contributed by atoms with Gasteiger partial charge in [0, 0.05) is 17.8 Å². The van der Waals surface area contributed by atoms with E-state index in [2.05, 4.69) is 16.5 Å². The zero-order chi connectivity index (χ0) is 27.2. The molecule has 2 unspecified atom stereocenters. The maximum atomic E-state index is 11.6. The zero-order valence-corrected chi connectivity index (χ0v) is 20.4. The highest BCUT2D eigenvalue weighted by molar-refractivity contribution is 5.96. The summed E-state index contributed by atoms with van der Waals surface area (Å²) in [6, 6.07) is 15.9. The molecule has 2 aromatic heterocycles. The van der Waals surface area contributed by atoms with Crippen molar-refractivity contribution in [2.45, 2.75) is 13.0 Å². The number of carboxylic acids is 1. The fraction of sp³-hybridized carbons (Fsp3) is 0.222. The van der Waals surface area contributed by atoms with Gasteiger partial charge in [0.25, 0.3) is 0 Å². The molecular formula is C27H26N4O7. The molecule has 0 aliphatic carbocycles. The van der Waals surface area contributed by atoms with Crippen LogP contribution in [0.1, 0.15) is 21.5 Å². The number of benzene rings is 2. The normalized spacial score (nSPS) is 12.5. The van der Waals surface area contributed by atoms with Crippen molar-refractivity contribution in [3.8, 4) is 23.3 Å². The number of aliphatic hydroxyl groups is 3. The molecule has 2 heterocycles. The van der Waals surface area contributed by atoms with Gasteiger partial charge in [0.2, 0.25) is 0 Å². The third-order valence-electron chi connectivity index (χ3n) is 6.03. The minimum absolute atomic E-state index is 0.0220. The number of nitrogens with zero attached hydrogens (tertiary/aromatic N) is 3. The Kier molecular flexibility index (Phi) is 8.08. The van der Waals surface area contributed by atoms with E-state index in [0.717, 1.165) is 0 Å². The number of anilines is 2. The Morgan fingerprint density at radius 2 is 1.84 bits per heavy atom. The van der Waals surface area contributed by atoms with Gasteiger partial charge in [-0.1, -0.05) is 12.1 Å². The van der Waals surface area contributed by atoms with Gasteiger partial charge >= 0.3 is 5.97 Å². The van der Waals surface area contributed by atoms with Crippen molar-refractivity contribution in [2.75, 3.05) is 25.1 Å². The number of nitriles is 1. The summed E-state index contributed by atoms with van der Waals surface area (Å²) in [6.07, 6.45) is 1.67. The summed E-state index contributed by atoms with van der Waals surface area (Å²) in [5, 5.41) is 54.8. The van der Waals surface area contributed by atoms with E-state index in [4.69, 9.17) is 14.6 Å². The van der Waals surface area contributed by atoms with E-state index in [1.165, 1.54) is 16.9 Å². The molecule has 38 heavy (non-hydrogen) atoms. The lowest BCUT2D eigenvalue weighted by Crippen LogP contribution is -2.32. The number of fused-ring (bicyclic) bond motifs is 1. The minimum Gasteiger partial charge on any atom is -0.489 e. The highest BCUT2D eigenvalue weighted by atomic mass is 16.5. The van der Waals surface area contributed by atoms with Gasteiger partial charge in [0.1, 0.15) is 11.8 Å². The first-order valence-corrected chi connectivity index (χ1v) is 11.7. The van der Waals surface area contributed by atoms with Gasteiger partial charge in [-0.2, -0.15) is 10.4 Å². The Bertz CT molecular complexity index is 1480. The molecule has 4 aromatic rings. The van der Waals surface area contributed by atoms with Crippen molar-refractivity contribution in [3.63, 3.8) is 0 Å². The Balaban J connectivity index is 1.54. The molecule has 11 heteroatoms. The van der Waals surface area contributed by atoms with Gasteiger partial charge in [0.15, 0.2) is 11.5 Å². The van der Waals surface area contributed by atoms with Crippen LogP contribution in [0.3, 0.4) is 0 Å². The number of carbonyl (C=O) groups is 1. The number of carboxylic acid groups (broad SMARTS) is 1. The molecule has 11 nitrogen and oxygen atoms in total. The van der Waals surface area contributed by atoms with E-state index in [9.17, 15) is 25.4 Å². The summed E-state index contributed by atoms with van der Waals surface area (Å²) in [7, 11) is 0. The number of hydrogen-bond donors (Lipinski definition) is 5. The van der Waals surface area contributed by atoms with Crippen LogP contribution in [-0.2, 0) is 0 Å². The molecule has 0 aliphatic rings. The van der Waals surface area contributed by atoms with Gasteiger partial charge in [-0.05, 0) is 48.9 Å². The molecule has 0 aliphatic heterocycles. The third-order valence-corrected chi connectivity index (χ3v) is 6.03. The van der Waals surface area contributed by atoms with Crippen molar-refractivity contribution in [1.29, 1.82) is 5.26 Å². The van der Waals surface area contributed by atoms with Crippen LogP contribution in [0, 0.1) is 24.2 Å². The van der Waals surface area contributed by atoms with Crippen LogP contribution in [-0.4, -0.2) is 61.9 Å². The van der Waals surface area contributed by atoms with Gasteiger partial charge in [0.05, 0.1) is 54.5 Å². The molecular weight excluding hydrogens is 492 g/mol. The molecule has 0 saturated heterocycles. The van der Waals surface area contributed by atoms with E-state index >= 15 is 0 Å². The molecule has 196 valence electrons. The Hall–Kier alpha value is -4.63. The number of hydrogen-bond acceptors (Lipinski definition) is 9. The molecule has 5 N–H and O–H groups in total. The number of aromatic nitrogens is 2. The van der Waals surface area contributed by atoms with Crippen LogP contribution in [0.5, 0.6) is 17.2 Å². The van der Waals surface area contributed by atoms with Gasteiger partial charge < -0.3 is 35.2 Å². The van der Waals surface area contributed by atoms with Crippen molar-refractivity contribution >= 4 is 22.9 Å².